The highest BCUT2D eigenvalue weighted by Crippen LogP contribution is 2.53. The molecular formula is C10H18O. The molecule has 0 saturated heterocycles. The second kappa shape index (κ2) is 2.63. The molecule has 1 aliphatic carbocycles. The fourth-order valence-corrected chi connectivity index (χ4v) is 2.16. The van der Waals surface area contributed by atoms with Crippen LogP contribution in [-0.4, -0.2) is 11.7 Å². The van der Waals surface area contributed by atoms with Crippen molar-refractivity contribution in [3.63, 3.8) is 0 Å². The van der Waals surface area contributed by atoms with Crippen LogP contribution in [0.5, 0.6) is 0 Å². The molecule has 1 N–H and O–H groups in total. The van der Waals surface area contributed by atoms with Crippen LogP contribution in [0.25, 0.3) is 0 Å². The normalized spacial score (nSPS) is 34.5. The lowest BCUT2D eigenvalue weighted by molar-refractivity contribution is -0.0315. The van der Waals surface area contributed by atoms with Crippen molar-refractivity contribution in [2.45, 2.75) is 27.2 Å². The van der Waals surface area contributed by atoms with E-state index in [-0.39, 0.29) is 5.41 Å². The lowest BCUT2D eigenvalue weighted by Crippen LogP contribution is -2.46. The lowest BCUT2D eigenvalue weighted by atomic mass is 9.53. The van der Waals surface area contributed by atoms with Gasteiger partial charge in [-0.05, 0) is 30.6 Å². The van der Waals surface area contributed by atoms with Crippen molar-refractivity contribution in [2.24, 2.45) is 17.3 Å². The number of allylic oxidation sites excluding steroid dienone is 1. The summed E-state index contributed by atoms with van der Waals surface area (Å²) in [5.74, 6) is 1.11. The summed E-state index contributed by atoms with van der Waals surface area (Å²) < 4.78 is 0. The molecule has 0 heterocycles. The van der Waals surface area contributed by atoms with Crippen LogP contribution in [-0.2, 0) is 0 Å². The predicted molar refractivity (Wildman–Crippen MR) is 47.3 cm³/mol. The molecular weight excluding hydrogens is 136 g/mol. The van der Waals surface area contributed by atoms with E-state index in [4.69, 9.17) is 5.11 Å². The van der Waals surface area contributed by atoms with Crippen molar-refractivity contribution in [1.29, 1.82) is 0 Å². The third-order valence-electron chi connectivity index (χ3n) is 3.29. The molecule has 0 spiro atoms. The number of hydrogen-bond donors (Lipinski definition) is 1. The van der Waals surface area contributed by atoms with E-state index in [0.717, 1.165) is 6.42 Å². The number of aliphatic hydroxyl groups excluding tert-OH is 1. The Morgan fingerprint density at radius 1 is 1.64 bits per heavy atom. The molecule has 64 valence electrons. The van der Waals surface area contributed by atoms with E-state index in [1.54, 1.807) is 0 Å². The topological polar surface area (TPSA) is 20.2 Å². The standard InChI is InChI=1S/C10H18O/c1-7(2)9-5-8(6-11)10(9,3)4/h8-9,11H,1,5-6H2,2-4H3/t8-,9-/m1/s1. The highest BCUT2D eigenvalue weighted by atomic mass is 16.3. The van der Waals surface area contributed by atoms with Gasteiger partial charge in [0.15, 0.2) is 0 Å². The average Bonchev–Trinajstić information content (AvgIpc) is 1.85. The predicted octanol–water partition coefficient (Wildman–Crippen LogP) is 2.22. The minimum atomic E-state index is 0.278. The zero-order valence-electron chi connectivity index (χ0n) is 7.72. The van der Waals surface area contributed by atoms with Crippen molar-refractivity contribution in [1.82, 2.24) is 0 Å². The molecule has 0 aromatic rings. The van der Waals surface area contributed by atoms with Crippen LogP contribution < -0.4 is 0 Å². The van der Waals surface area contributed by atoms with E-state index >= 15 is 0 Å². The van der Waals surface area contributed by atoms with Crippen molar-refractivity contribution in [2.75, 3.05) is 6.61 Å². The summed E-state index contributed by atoms with van der Waals surface area (Å²) in [5, 5.41) is 8.99. The van der Waals surface area contributed by atoms with Crippen molar-refractivity contribution < 1.29 is 5.11 Å². The van der Waals surface area contributed by atoms with Gasteiger partial charge in [-0.25, -0.2) is 0 Å². The summed E-state index contributed by atoms with van der Waals surface area (Å²) in [6.07, 6.45) is 1.12. The minimum Gasteiger partial charge on any atom is -0.396 e. The highest BCUT2D eigenvalue weighted by molar-refractivity contribution is 5.11. The molecule has 0 aliphatic heterocycles. The molecule has 0 unspecified atom stereocenters. The SMILES string of the molecule is C=C(C)[C@H]1C[C@H](CO)C1(C)C. The van der Waals surface area contributed by atoms with Crippen LogP contribution >= 0.6 is 0 Å². The molecule has 0 bridgehead atoms. The van der Waals surface area contributed by atoms with Gasteiger partial charge in [-0.2, -0.15) is 0 Å². The van der Waals surface area contributed by atoms with Crippen LogP contribution in [0.2, 0.25) is 0 Å². The Hall–Kier alpha value is -0.300. The first-order chi connectivity index (χ1) is 5.00. The maximum atomic E-state index is 8.99. The van der Waals surface area contributed by atoms with Gasteiger partial charge in [-0.15, -0.1) is 0 Å². The fourth-order valence-electron chi connectivity index (χ4n) is 2.16. The van der Waals surface area contributed by atoms with Crippen LogP contribution in [0.3, 0.4) is 0 Å². The van der Waals surface area contributed by atoms with Crippen LogP contribution in [0, 0.1) is 17.3 Å². The van der Waals surface area contributed by atoms with E-state index < -0.39 is 0 Å². The molecule has 0 radical (unpaired) electrons. The van der Waals surface area contributed by atoms with E-state index in [1.807, 2.05) is 0 Å². The van der Waals surface area contributed by atoms with Crippen LogP contribution in [0.15, 0.2) is 12.2 Å². The Kier molecular flexibility index (Phi) is 2.10. The summed E-state index contributed by atoms with van der Waals surface area (Å²) in [7, 11) is 0. The second-order valence-electron chi connectivity index (χ2n) is 4.34. The largest absolute Gasteiger partial charge is 0.396 e. The van der Waals surface area contributed by atoms with Gasteiger partial charge < -0.3 is 5.11 Å². The van der Waals surface area contributed by atoms with Gasteiger partial charge in [-0.1, -0.05) is 26.0 Å². The van der Waals surface area contributed by atoms with Gasteiger partial charge in [0, 0.05) is 6.61 Å². The Labute approximate surface area is 69.1 Å². The first-order valence-electron chi connectivity index (χ1n) is 4.26. The van der Waals surface area contributed by atoms with Gasteiger partial charge in [0.05, 0.1) is 0 Å². The van der Waals surface area contributed by atoms with E-state index in [1.165, 1.54) is 5.57 Å². The monoisotopic (exact) mass is 154 g/mol. The first-order valence-corrected chi connectivity index (χ1v) is 4.26. The third-order valence-corrected chi connectivity index (χ3v) is 3.29. The van der Waals surface area contributed by atoms with Crippen LogP contribution in [0.1, 0.15) is 27.2 Å². The molecule has 1 fully saturated rings. The molecule has 2 atom stereocenters. The van der Waals surface area contributed by atoms with Crippen LogP contribution in [0.4, 0.5) is 0 Å². The summed E-state index contributed by atoms with van der Waals surface area (Å²) in [5.41, 5.74) is 1.54. The summed E-state index contributed by atoms with van der Waals surface area (Å²) in [6, 6.07) is 0. The zero-order valence-corrected chi connectivity index (χ0v) is 7.72. The lowest BCUT2D eigenvalue weighted by Gasteiger charge is -2.52. The molecule has 1 rings (SSSR count). The Bertz CT molecular complexity index is 170. The summed E-state index contributed by atoms with van der Waals surface area (Å²) in [6.45, 7) is 10.8. The smallest absolute Gasteiger partial charge is 0.0464 e. The maximum absolute atomic E-state index is 8.99. The Morgan fingerprint density at radius 2 is 2.18 bits per heavy atom. The molecule has 1 heteroatoms. The average molecular weight is 154 g/mol. The molecule has 0 aromatic carbocycles. The van der Waals surface area contributed by atoms with Crippen molar-refractivity contribution >= 4 is 0 Å². The number of aliphatic hydroxyl groups is 1. The fraction of sp³-hybridized carbons (Fsp3) is 0.800. The molecule has 1 nitrogen and oxygen atoms in total. The van der Waals surface area contributed by atoms with Gasteiger partial charge >= 0.3 is 0 Å². The van der Waals surface area contributed by atoms with E-state index in [0.29, 0.717) is 18.4 Å². The zero-order chi connectivity index (χ0) is 8.65. The third kappa shape index (κ3) is 1.22. The maximum Gasteiger partial charge on any atom is 0.0464 e. The second-order valence-corrected chi connectivity index (χ2v) is 4.34. The molecule has 11 heavy (non-hydrogen) atoms. The van der Waals surface area contributed by atoms with Crippen molar-refractivity contribution in [3.8, 4) is 0 Å². The van der Waals surface area contributed by atoms with Gasteiger partial charge in [0.25, 0.3) is 0 Å². The summed E-state index contributed by atoms with van der Waals surface area (Å²) in [4.78, 5) is 0. The minimum absolute atomic E-state index is 0.278. The number of hydrogen-bond acceptors (Lipinski definition) is 1. The van der Waals surface area contributed by atoms with Gasteiger partial charge in [0.2, 0.25) is 0 Å². The Morgan fingerprint density at radius 3 is 2.45 bits per heavy atom. The number of rotatable bonds is 2. The summed E-state index contributed by atoms with van der Waals surface area (Å²) >= 11 is 0. The van der Waals surface area contributed by atoms with E-state index in [9.17, 15) is 0 Å². The quantitative estimate of drug-likeness (QED) is 0.605. The Balaban J connectivity index is 2.61. The van der Waals surface area contributed by atoms with Crippen molar-refractivity contribution in [3.05, 3.63) is 12.2 Å². The van der Waals surface area contributed by atoms with Gasteiger partial charge in [0.1, 0.15) is 0 Å². The molecule has 1 saturated carbocycles. The van der Waals surface area contributed by atoms with Gasteiger partial charge in [-0.3, -0.25) is 0 Å². The first kappa shape index (κ1) is 8.79. The molecule has 1 aliphatic rings. The highest BCUT2D eigenvalue weighted by Gasteiger charge is 2.47. The molecule has 0 amide bonds. The van der Waals surface area contributed by atoms with E-state index in [2.05, 4.69) is 27.4 Å². The molecule has 0 aromatic heterocycles.